The van der Waals surface area contributed by atoms with Gasteiger partial charge in [-0.1, -0.05) is 0 Å². The van der Waals surface area contributed by atoms with E-state index in [1.807, 2.05) is 6.92 Å². The number of nitrogens with one attached hydrogen (secondary N) is 1. The number of amides is 1. The number of aryl methyl sites for hydroxylation is 1. The van der Waals surface area contributed by atoms with Crippen LogP contribution < -0.4 is 17.0 Å². The van der Waals surface area contributed by atoms with Gasteiger partial charge < -0.3 is 0 Å². The number of hydrogen-bond donors (Lipinski definition) is 2. The number of carbonyl (C=O) groups excluding carboxylic acids is 1. The fourth-order valence-electron chi connectivity index (χ4n) is 1.67. The lowest BCUT2D eigenvalue weighted by Crippen LogP contribution is -2.30. The average molecular weight is 317 g/mol. The number of unbranched alkanes of at least 4 members (excludes halogenated alkanes) is 1. The monoisotopic (exact) mass is 316 g/mol. The molecular formula is C11H17BrN4O2. The van der Waals surface area contributed by atoms with Crippen LogP contribution in [0, 0.1) is 13.8 Å². The molecular weight excluding hydrogens is 300 g/mol. The molecule has 1 heterocycles. The molecule has 3 N–H and O–H groups in total. The predicted molar refractivity (Wildman–Crippen MR) is 71.9 cm³/mol. The van der Waals surface area contributed by atoms with E-state index in [1.54, 1.807) is 11.5 Å². The molecule has 0 saturated heterocycles. The van der Waals surface area contributed by atoms with Gasteiger partial charge in [-0.3, -0.25) is 14.8 Å². The summed E-state index contributed by atoms with van der Waals surface area (Å²) in [5, 5.41) is 0. The number of nitrogens with two attached hydrogens (primary N) is 1. The Bertz CT molecular complexity index is 499. The van der Waals surface area contributed by atoms with Crippen LogP contribution in [-0.4, -0.2) is 15.5 Å². The molecule has 1 amide bonds. The summed E-state index contributed by atoms with van der Waals surface area (Å²) in [6.07, 6.45) is 1.77. The number of hydrogen-bond acceptors (Lipinski definition) is 4. The van der Waals surface area contributed by atoms with E-state index in [2.05, 4.69) is 26.3 Å². The zero-order chi connectivity index (χ0) is 13.7. The van der Waals surface area contributed by atoms with Crippen molar-refractivity contribution in [2.75, 3.05) is 0 Å². The van der Waals surface area contributed by atoms with Crippen molar-refractivity contribution in [1.82, 2.24) is 15.0 Å². The molecule has 0 radical (unpaired) electrons. The Morgan fingerprint density at radius 1 is 1.44 bits per heavy atom. The molecule has 0 spiro atoms. The molecule has 0 atom stereocenters. The molecule has 18 heavy (non-hydrogen) atoms. The van der Waals surface area contributed by atoms with Crippen molar-refractivity contribution in [1.29, 1.82) is 0 Å². The summed E-state index contributed by atoms with van der Waals surface area (Å²) in [6.45, 7) is 4.20. The highest BCUT2D eigenvalue weighted by Crippen LogP contribution is 2.17. The molecule has 0 bridgehead atoms. The van der Waals surface area contributed by atoms with Crippen LogP contribution in [0.4, 0.5) is 0 Å². The van der Waals surface area contributed by atoms with E-state index in [0.717, 1.165) is 16.6 Å². The third-order valence-electron chi connectivity index (χ3n) is 2.73. The van der Waals surface area contributed by atoms with Gasteiger partial charge in [-0.25, -0.2) is 10.6 Å². The number of nitrogens with zero attached hydrogens (tertiary/aromatic N) is 2. The minimum Gasteiger partial charge on any atom is -0.295 e. The summed E-state index contributed by atoms with van der Waals surface area (Å²) in [6, 6.07) is 0. The fraction of sp³-hybridized carbons (Fsp3) is 0.545. The molecule has 6 nitrogen and oxygen atoms in total. The zero-order valence-electron chi connectivity index (χ0n) is 10.5. The van der Waals surface area contributed by atoms with Gasteiger partial charge >= 0.3 is 5.69 Å². The Balaban J connectivity index is 2.66. The van der Waals surface area contributed by atoms with Gasteiger partial charge in [0.05, 0.1) is 10.2 Å². The summed E-state index contributed by atoms with van der Waals surface area (Å²) >= 11 is 3.40. The first-order chi connectivity index (χ1) is 8.47. The van der Waals surface area contributed by atoms with Gasteiger partial charge in [0.25, 0.3) is 0 Å². The fourth-order valence-corrected chi connectivity index (χ4v) is 1.97. The van der Waals surface area contributed by atoms with Crippen molar-refractivity contribution in [2.45, 2.75) is 39.7 Å². The van der Waals surface area contributed by atoms with Crippen LogP contribution in [0.25, 0.3) is 0 Å². The van der Waals surface area contributed by atoms with Crippen molar-refractivity contribution < 1.29 is 4.79 Å². The van der Waals surface area contributed by atoms with E-state index in [1.165, 1.54) is 0 Å². The van der Waals surface area contributed by atoms with Crippen LogP contribution in [-0.2, 0) is 11.3 Å². The van der Waals surface area contributed by atoms with E-state index < -0.39 is 0 Å². The van der Waals surface area contributed by atoms with Crippen LogP contribution in [0.3, 0.4) is 0 Å². The quantitative estimate of drug-likeness (QED) is 0.363. The Morgan fingerprint density at radius 3 is 2.72 bits per heavy atom. The topological polar surface area (TPSA) is 90.0 Å². The smallest absolute Gasteiger partial charge is 0.295 e. The van der Waals surface area contributed by atoms with Crippen molar-refractivity contribution in [3.8, 4) is 0 Å². The third-order valence-corrected chi connectivity index (χ3v) is 3.88. The molecule has 0 aliphatic carbocycles. The molecule has 0 aliphatic heterocycles. The summed E-state index contributed by atoms with van der Waals surface area (Å²) in [5.41, 5.74) is 3.37. The van der Waals surface area contributed by atoms with Gasteiger partial charge in [0, 0.05) is 18.7 Å². The van der Waals surface area contributed by atoms with Crippen molar-refractivity contribution in [2.24, 2.45) is 5.84 Å². The van der Waals surface area contributed by atoms with E-state index in [9.17, 15) is 9.59 Å². The van der Waals surface area contributed by atoms with E-state index in [0.29, 0.717) is 25.1 Å². The third kappa shape index (κ3) is 3.64. The molecule has 0 unspecified atom stereocenters. The lowest BCUT2D eigenvalue weighted by atomic mass is 10.2. The molecule has 0 aromatic carbocycles. The lowest BCUT2D eigenvalue weighted by molar-refractivity contribution is -0.121. The van der Waals surface area contributed by atoms with Gasteiger partial charge in [0.2, 0.25) is 5.91 Å². The first-order valence-corrected chi connectivity index (χ1v) is 6.49. The van der Waals surface area contributed by atoms with Crippen LogP contribution in [0.5, 0.6) is 0 Å². The van der Waals surface area contributed by atoms with E-state index >= 15 is 0 Å². The van der Waals surface area contributed by atoms with Crippen LogP contribution >= 0.6 is 15.9 Å². The van der Waals surface area contributed by atoms with Gasteiger partial charge in [-0.2, -0.15) is 4.98 Å². The number of hydrazine groups is 1. The normalized spacial score (nSPS) is 10.4. The standard InChI is InChI=1S/C11H17BrN4O2/c1-7-10(12)8(2)16(11(18)14-7)6-4-3-5-9(17)15-13/h3-6,13H2,1-2H3,(H,15,17). The second kappa shape index (κ2) is 6.65. The number of carbonyl (C=O) groups is 1. The maximum Gasteiger partial charge on any atom is 0.348 e. The number of aromatic nitrogens is 2. The molecule has 0 aliphatic rings. The van der Waals surface area contributed by atoms with E-state index in [4.69, 9.17) is 5.84 Å². The number of rotatable bonds is 5. The molecule has 1 rings (SSSR count). The maximum absolute atomic E-state index is 11.7. The van der Waals surface area contributed by atoms with Crippen molar-refractivity contribution in [3.63, 3.8) is 0 Å². The number of halogens is 1. The molecule has 1 aromatic rings. The molecule has 100 valence electrons. The highest BCUT2D eigenvalue weighted by Gasteiger charge is 2.08. The predicted octanol–water partition coefficient (Wildman–Crippen LogP) is 0.783. The highest BCUT2D eigenvalue weighted by atomic mass is 79.9. The highest BCUT2D eigenvalue weighted by molar-refractivity contribution is 9.10. The Kier molecular flexibility index (Phi) is 5.49. The SMILES string of the molecule is Cc1nc(=O)n(CCCCC(=O)NN)c(C)c1Br. The van der Waals surface area contributed by atoms with Crippen LogP contribution in [0.2, 0.25) is 0 Å². The Hall–Kier alpha value is -1.21. The summed E-state index contributed by atoms with van der Waals surface area (Å²) in [5.74, 6) is 4.79. The van der Waals surface area contributed by atoms with E-state index in [-0.39, 0.29) is 11.6 Å². The second-order valence-corrected chi connectivity index (χ2v) is 4.85. The van der Waals surface area contributed by atoms with Gasteiger partial charge in [-0.05, 0) is 42.6 Å². The second-order valence-electron chi connectivity index (χ2n) is 4.06. The van der Waals surface area contributed by atoms with Crippen molar-refractivity contribution >= 4 is 21.8 Å². The first kappa shape index (κ1) is 14.8. The summed E-state index contributed by atoms with van der Waals surface area (Å²) in [4.78, 5) is 26.6. The molecule has 1 aromatic heterocycles. The zero-order valence-corrected chi connectivity index (χ0v) is 12.1. The first-order valence-electron chi connectivity index (χ1n) is 5.70. The maximum atomic E-state index is 11.7. The summed E-state index contributed by atoms with van der Waals surface area (Å²) in [7, 11) is 0. The molecule has 7 heteroatoms. The van der Waals surface area contributed by atoms with Gasteiger partial charge in [0.1, 0.15) is 0 Å². The van der Waals surface area contributed by atoms with Gasteiger partial charge in [0.15, 0.2) is 0 Å². The molecule has 0 saturated carbocycles. The van der Waals surface area contributed by atoms with Crippen molar-refractivity contribution in [3.05, 3.63) is 26.3 Å². The lowest BCUT2D eigenvalue weighted by Gasteiger charge is -2.11. The van der Waals surface area contributed by atoms with Gasteiger partial charge in [-0.15, -0.1) is 0 Å². The molecule has 0 fully saturated rings. The average Bonchev–Trinajstić information content (AvgIpc) is 2.34. The van der Waals surface area contributed by atoms with Crippen LogP contribution in [0.1, 0.15) is 30.7 Å². The Morgan fingerprint density at radius 2 is 2.11 bits per heavy atom. The minimum atomic E-state index is -0.253. The largest absolute Gasteiger partial charge is 0.348 e. The Labute approximate surface area is 114 Å². The summed E-state index contributed by atoms with van der Waals surface area (Å²) < 4.78 is 2.46. The van der Waals surface area contributed by atoms with Crippen LogP contribution in [0.15, 0.2) is 9.27 Å². The minimum absolute atomic E-state index is 0.192.